The van der Waals surface area contributed by atoms with Crippen molar-refractivity contribution in [3.8, 4) is 0 Å². The van der Waals surface area contributed by atoms with Crippen molar-refractivity contribution in [2.24, 2.45) is 28.6 Å². The Labute approximate surface area is 275 Å². The fraction of sp³-hybridized carbons (Fsp3) is 0.750. The van der Waals surface area contributed by atoms with Crippen molar-refractivity contribution >= 4 is 23.7 Å². The summed E-state index contributed by atoms with van der Waals surface area (Å²) in [6.07, 6.45) is -14.2. The van der Waals surface area contributed by atoms with Crippen LogP contribution in [-0.4, -0.2) is 135 Å². The summed E-state index contributed by atoms with van der Waals surface area (Å²) in [5, 5.41) is 64.4. The number of esters is 3. The number of Topliss-reactive ketones (excluding diaryl/α,β-unsaturated/α-hetero) is 1. The number of hydrogen-bond donors (Lipinski definition) is 6. The van der Waals surface area contributed by atoms with Gasteiger partial charge in [0, 0.05) is 35.7 Å². The number of rotatable bonds is 6. The van der Waals surface area contributed by atoms with Crippen molar-refractivity contribution in [2.45, 2.75) is 101 Å². The van der Waals surface area contributed by atoms with Gasteiger partial charge in [-0.3, -0.25) is 9.59 Å². The maximum atomic E-state index is 14.1. The van der Waals surface area contributed by atoms with Gasteiger partial charge < -0.3 is 59.1 Å². The van der Waals surface area contributed by atoms with E-state index >= 15 is 0 Å². The van der Waals surface area contributed by atoms with Crippen molar-refractivity contribution in [3.63, 3.8) is 0 Å². The molecule has 48 heavy (non-hydrogen) atoms. The molecule has 2 unspecified atom stereocenters. The van der Waals surface area contributed by atoms with Crippen molar-refractivity contribution in [3.05, 3.63) is 23.0 Å². The van der Waals surface area contributed by atoms with Crippen LogP contribution in [0.2, 0.25) is 0 Å². The first-order valence-electron chi connectivity index (χ1n) is 15.9. The van der Waals surface area contributed by atoms with Crippen LogP contribution in [0.5, 0.6) is 0 Å². The molecule has 3 aliphatic heterocycles. The van der Waals surface area contributed by atoms with Crippen LogP contribution < -0.4 is 0 Å². The zero-order valence-electron chi connectivity index (χ0n) is 27.1. The van der Waals surface area contributed by atoms with Gasteiger partial charge in [0.2, 0.25) is 6.29 Å². The number of carbonyl (C=O) groups is 4. The van der Waals surface area contributed by atoms with Crippen molar-refractivity contribution in [1.29, 1.82) is 0 Å². The molecule has 0 aromatic carbocycles. The zero-order valence-corrected chi connectivity index (χ0v) is 27.1. The lowest BCUT2D eigenvalue weighted by atomic mass is 9.38. The van der Waals surface area contributed by atoms with Crippen molar-refractivity contribution in [2.75, 3.05) is 20.3 Å². The highest BCUT2D eigenvalue weighted by Crippen LogP contribution is 2.73. The average molecular weight is 683 g/mol. The highest BCUT2D eigenvalue weighted by Gasteiger charge is 2.84. The van der Waals surface area contributed by atoms with Gasteiger partial charge in [-0.1, -0.05) is 12.5 Å². The molecule has 266 valence electrons. The van der Waals surface area contributed by atoms with Crippen molar-refractivity contribution < 1.29 is 78.2 Å². The minimum absolute atomic E-state index is 0.152. The van der Waals surface area contributed by atoms with Gasteiger partial charge in [0.05, 0.1) is 32.8 Å². The molecule has 16 nitrogen and oxygen atoms in total. The molecule has 2 bridgehead atoms. The van der Waals surface area contributed by atoms with Crippen LogP contribution in [0.1, 0.15) is 40.5 Å². The quantitative estimate of drug-likeness (QED) is 0.0987. The van der Waals surface area contributed by atoms with E-state index < -0.39 is 126 Å². The Kier molecular flexibility index (Phi) is 8.60. The Bertz CT molecular complexity index is 1450. The fourth-order valence-electron chi connectivity index (χ4n) is 9.79. The number of ketones is 1. The number of aliphatic hydroxyl groups is 6. The molecule has 6 rings (SSSR count). The number of fused-ring (bicyclic) bond motifs is 2. The molecule has 5 fully saturated rings. The molecule has 0 amide bonds. The summed E-state index contributed by atoms with van der Waals surface area (Å²) in [6, 6.07) is 0. The van der Waals surface area contributed by atoms with Gasteiger partial charge in [-0.2, -0.15) is 0 Å². The second kappa shape index (κ2) is 11.8. The van der Waals surface area contributed by atoms with E-state index in [2.05, 4.69) is 0 Å². The number of ether oxygens (including phenoxy) is 6. The van der Waals surface area contributed by atoms with Crippen molar-refractivity contribution in [1.82, 2.24) is 0 Å². The predicted molar refractivity (Wildman–Crippen MR) is 155 cm³/mol. The van der Waals surface area contributed by atoms with Crippen LogP contribution in [0.15, 0.2) is 23.0 Å². The Hall–Kier alpha value is -2.96. The van der Waals surface area contributed by atoms with Crippen LogP contribution in [0.3, 0.4) is 0 Å². The molecule has 0 radical (unpaired) electrons. The van der Waals surface area contributed by atoms with Gasteiger partial charge in [0.15, 0.2) is 17.1 Å². The average Bonchev–Trinajstić information content (AvgIpc) is 3.30. The molecular weight excluding hydrogens is 640 g/mol. The van der Waals surface area contributed by atoms with Gasteiger partial charge in [0.25, 0.3) is 0 Å². The summed E-state index contributed by atoms with van der Waals surface area (Å²) in [5.74, 6) is -6.76. The summed E-state index contributed by atoms with van der Waals surface area (Å²) in [5.41, 5.74) is -4.19. The van der Waals surface area contributed by atoms with E-state index in [0.717, 1.165) is 7.11 Å². The summed E-state index contributed by atoms with van der Waals surface area (Å²) in [7, 11) is 1.09. The number of carbonyl (C=O) groups excluding carboxylic acids is 4. The van der Waals surface area contributed by atoms with Crippen LogP contribution in [0.4, 0.5) is 0 Å². The normalized spacial score (nSPS) is 47.7. The van der Waals surface area contributed by atoms with Crippen LogP contribution in [0.25, 0.3) is 0 Å². The standard InChI is InChI=1S/C32H42O16/c1-11(2)6-16(35)46-24-18-12(3)23(48-28-21(39)20(38)19(37)14(9-33)45-28)13(34)8-30(18,4)25-22(40)26(41)32(29(42)43-5)15-7-17(36)47-27(24)31(15,25)10-44-32/h6,14-15,18-22,24-28,33,37-41H,7-10H2,1-5H3/t14-,15-,18-,19-,20-,21-,22-,24-,25?,26+,27-,28+,30+,31+,32?/m1/s1. The third-order valence-electron chi connectivity index (χ3n) is 11.5. The Balaban J connectivity index is 1.52. The first kappa shape index (κ1) is 34.9. The monoisotopic (exact) mass is 682 g/mol. The molecule has 6 N–H and O–H groups in total. The molecule has 0 aromatic rings. The van der Waals surface area contributed by atoms with Gasteiger partial charge >= 0.3 is 17.9 Å². The highest BCUT2D eigenvalue weighted by atomic mass is 16.7. The molecule has 3 saturated heterocycles. The van der Waals surface area contributed by atoms with E-state index in [0.29, 0.717) is 5.57 Å². The SMILES string of the molecule is COC(=O)C12OC[C@]34C([C@@H](O)[C@@H]1O)[C@@]1(C)CC(=O)C(O[C@@H]5O[C@H](CO)[C@@H](O)[C@@H](O)[C@H]5O)=C(C)[C@@H]1[C@@H](OC(=O)C=C(C)C)[C@H]3OC(=O)C[C@@H]24. The Morgan fingerprint density at radius 3 is 2.35 bits per heavy atom. The lowest BCUT2D eigenvalue weighted by Crippen LogP contribution is -2.79. The number of aliphatic hydroxyl groups excluding tert-OH is 6. The molecule has 3 heterocycles. The third-order valence-corrected chi connectivity index (χ3v) is 11.5. The molecule has 15 atom stereocenters. The Morgan fingerprint density at radius 2 is 1.73 bits per heavy atom. The van der Waals surface area contributed by atoms with Crippen LogP contribution in [0, 0.1) is 28.6 Å². The molecular formula is C32H42O16. The molecule has 0 aromatic heterocycles. The smallest absolute Gasteiger partial charge is 0.341 e. The zero-order chi connectivity index (χ0) is 35.2. The van der Waals surface area contributed by atoms with Crippen LogP contribution in [-0.2, 0) is 47.6 Å². The summed E-state index contributed by atoms with van der Waals surface area (Å²) in [6.45, 7) is 5.46. The van der Waals surface area contributed by atoms with E-state index in [-0.39, 0.29) is 24.4 Å². The molecule has 16 heteroatoms. The fourth-order valence-corrected chi connectivity index (χ4v) is 9.79. The van der Waals surface area contributed by atoms with Gasteiger partial charge in [-0.05, 0) is 31.8 Å². The van der Waals surface area contributed by atoms with E-state index in [1.807, 2.05) is 0 Å². The number of hydrogen-bond acceptors (Lipinski definition) is 16. The van der Waals surface area contributed by atoms with Gasteiger partial charge in [-0.25, -0.2) is 9.59 Å². The largest absolute Gasteiger partial charge is 0.467 e. The van der Waals surface area contributed by atoms with E-state index in [1.165, 1.54) is 13.0 Å². The molecule has 6 aliphatic rings. The number of methoxy groups -OCH3 is 1. The topological polar surface area (TPSA) is 245 Å². The third kappa shape index (κ3) is 4.57. The van der Waals surface area contributed by atoms with Gasteiger partial charge in [0.1, 0.15) is 42.7 Å². The lowest BCUT2D eigenvalue weighted by molar-refractivity contribution is -0.300. The molecule has 2 saturated carbocycles. The van der Waals surface area contributed by atoms with E-state index in [4.69, 9.17) is 28.4 Å². The predicted octanol–water partition coefficient (Wildman–Crippen LogP) is -2.22. The maximum Gasteiger partial charge on any atom is 0.341 e. The summed E-state index contributed by atoms with van der Waals surface area (Å²) >= 11 is 0. The second-order valence-electron chi connectivity index (χ2n) is 14.3. The van der Waals surface area contributed by atoms with E-state index in [9.17, 15) is 49.8 Å². The minimum Gasteiger partial charge on any atom is -0.467 e. The molecule has 3 aliphatic carbocycles. The first-order valence-corrected chi connectivity index (χ1v) is 15.9. The summed E-state index contributed by atoms with van der Waals surface area (Å²) < 4.78 is 34.5. The first-order chi connectivity index (χ1) is 22.5. The highest BCUT2D eigenvalue weighted by molar-refractivity contribution is 5.96. The number of allylic oxidation sites excluding steroid dienone is 2. The molecule has 1 spiro atoms. The van der Waals surface area contributed by atoms with Gasteiger partial charge in [-0.15, -0.1) is 0 Å². The Morgan fingerprint density at radius 1 is 1.04 bits per heavy atom. The van der Waals surface area contributed by atoms with Crippen LogP contribution >= 0.6 is 0 Å². The maximum absolute atomic E-state index is 14.1. The summed E-state index contributed by atoms with van der Waals surface area (Å²) in [4.78, 5) is 54.0. The minimum atomic E-state index is -2.15. The van der Waals surface area contributed by atoms with E-state index in [1.54, 1.807) is 20.8 Å². The lowest BCUT2D eigenvalue weighted by Gasteiger charge is -2.68. The second-order valence-corrected chi connectivity index (χ2v) is 14.3.